The lowest BCUT2D eigenvalue weighted by atomic mass is 10.1. The van der Waals surface area contributed by atoms with E-state index in [0.29, 0.717) is 6.04 Å². The highest BCUT2D eigenvalue weighted by Crippen LogP contribution is 2.33. The second kappa shape index (κ2) is 7.04. The molecule has 3 aromatic rings. The molecule has 1 aliphatic rings. The monoisotopic (exact) mass is 368 g/mol. The number of H-pyrrole nitrogens is 1. The number of fused-ring (bicyclic) bond motifs is 1. The number of rotatable bonds is 5. The van der Waals surface area contributed by atoms with Gasteiger partial charge in [-0.3, -0.25) is 4.79 Å². The Bertz CT molecular complexity index is 941. The Balaban J connectivity index is 1.67. The van der Waals surface area contributed by atoms with Gasteiger partial charge in [-0.2, -0.15) is 0 Å². The highest BCUT2D eigenvalue weighted by molar-refractivity contribution is 6.32. The number of aromatic amines is 1. The summed E-state index contributed by atoms with van der Waals surface area (Å²) in [5.74, 6) is -0.819. The SMILES string of the molecule is O=C(O)Cc1ccc(-c2cc3cc(Cl)cc(NC4CCCC4)c3[nH]2)cc1. The van der Waals surface area contributed by atoms with Gasteiger partial charge in [-0.25, -0.2) is 0 Å². The van der Waals surface area contributed by atoms with Crippen LogP contribution in [0.4, 0.5) is 5.69 Å². The molecular weight excluding hydrogens is 348 g/mol. The first kappa shape index (κ1) is 17.0. The van der Waals surface area contributed by atoms with Crippen LogP contribution in [0.2, 0.25) is 5.02 Å². The molecule has 0 aliphatic heterocycles. The normalized spacial score (nSPS) is 14.8. The second-order valence-corrected chi connectivity index (χ2v) is 7.43. The molecule has 0 saturated heterocycles. The standard InChI is InChI=1S/C21H21ClN2O2/c22-16-10-15-11-18(14-7-5-13(6-8-14)9-20(25)26)24-21(15)19(12-16)23-17-3-1-2-4-17/h5-8,10-12,17,23-24H,1-4,9H2,(H,25,26). The van der Waals surface area contributed by atoms with Crippen LogP contribution in [0.3, 0.4) is 0 Å². The van der Waals surface area contributed by atoms with E-state index in [4.69, 9.17) is 16.7 Å². The number of benzene rings is 2. The van der Waals surface area contributed by atoms with Crippen LogP contribution in [0.15, 0.2) is 42.5 Å². The van der Waals surface area contributed by atoms with E-state index in [2.05, 4.69) is 16.4 Å². The summed E-state index contributed by atoms with van der Waals surface area (Å²) in [6, 6.07) is 14.2. The fourth-order valence-corrected chi connectivity index (χ4v) is 3.97. The third-order valence-electron chi connectivity index (χ3n) is 5.03. The lowest BCUT2D eigenvalue weighted by molar-refractivity contribution is -0.136. The Kier molecular flexibility index (Phi) is 4.60. The van der Waals surface area contributed by atoms with E-state index in [1.807, 2.05) is 36.4 Å². The molecule has 0 unspecified atom stereocenters. The lowest BCUT2D eigenvalue weighted by Crippen LogP contribution is -2.14. The van der Waals surface area contributed by atoms with Gasteiger partial charge in [0.2, 0.25) is 0 Å². The summed E-state index contributed by atoms with van der Waals surface area (Å²) < 4.78 is 0. The van der Waals surface area contributed by atoms with Crippen molar-refractivity contribution in [1.82, 2.24) is 4.98 Å². The molecule has 4 rings (SSSR count). The van der Waals surface area contributed by atoms with Gasteiger partial charge in [0.15, 0.2) is 0 Å². The highest BCUT2D eigenvalue weighted by atomic mass is 35.5. The molecule has 0 spiro atoms. The largest absolute Gasteiger partial charge is 0.481 e. The Morgan fingerprint density at radius 2 is 1.88 bits per heavy atom. The summed E-state index contributed by atoms with van der Waals surface area (Å²) in [5.41, 5.74) is 4.93. The van der Waals surface area contributed by atoms with Crippen molar-refractivity contribution >= 4 is 34.2 Å². The zero-order valence-electron chi connectivity index (χ0n) is 14.4. The van der Waals surface area contributed by atoms with Crippen LogP contribution in [0, 0.1) is 0 Å². The zero-order valence-corrected chi connectivity index (χ0v) is 15.1. The van der Waals surface area contributed by atoms with Crippen LogP contribution in [0.5, 0.6) is 0 Å². The van der Waals surface area contributed by atoms with E-state index in [1.165, 1.54) is 25.7 Å². The van der Waals surface area contributed by atoms with Gasteiger partial charge in [0.25, 0.3) is 0 Å². The Morgan fingerprint density at radius 1 is 1.15 bits per heavy atom. The quantitative estimate of drug-likeness (QED) is 0.559. The number of halogens is 1. The van der Waals surface area contributed by atoms with E-state index >= 15 is 0 Å². The van der Waals surface area contributed by atoms with Crippen molar-refractivity contribution in [3.05, 3.63) is 53.1 Å². The van der Waals surface area contributed by atoms with Gasteiger partial charge in [-0.05, 0) is 42.2 Å². The molecule has 1 aromatic heterocycles. The topological polar surface area (TPSA) is 65.1 Å². The number of anilines is 1. The first-order valence-corrected chi connectivity index (χ1v) is 9.36. The summed E-state index contributed by atoms with van der Waals surface area (Å²) in [6.07, 6.45) is 5.00. The molecule has 134 valence electrons. The molecule has 1 fully saturated rings. The molecule has 0 amide bonds. The van der Waals surface area contributed by atoms with Gasteiger partial charge in [0.1, 0.15) is 0 Å². The van der Waals surface area contributed by atoms with Crippen molar-refractivity contribution in [3.8, 4) is 11.3 Å². The van der Waals surface area contributed by atoms with Crippen LogP contribution in [-0.2, 0) is 11.2 Å². The lowest BCUT2D eigenvalue weighted by Gasteiger charge is -2.14. The van der Waals surface area contributed by atoms with Crippen LogP contribution >= 0.6 is 11.6 Å². The maximum atomic E-state index is 10.8. The maximum absolute atomic E-state index is 10.8. The minimum Gasteiger partial charge on any atom is -0.481 e. The molecule has 26 heavy (non-hydrogen) atoms. The Labute approximate surface area is 157 Å². The van der Waals surface area contributed by atoms with Crippen molar-refractivity contribution in [2.24, 2.45) is 0 Å². The number of nitrogens with one attached hydrogen (secondary N) is 2. The number of carboxylic acids is 1. The number of hydrogen-bond donors (Lipinski definition) is 3. The van der Waals surface area contributed by atoms with Crippen LogP contribution in [-0.4, -0.2) is 22.1 Å². The molecule has 3 N–H and O–H groups in total. The highest BCUT2D eigenvalue weighted by Gasteiger charge is 2.17. The summed E-state index contributed by atoms with van der Waals surface area (Å²) >= 11 is 6.32. The summed E-state index contributed by atoms with van der Waals surface area (Å²) in [5, 5.41) is 14.3. The summed E-state index contributed by atoms with van der Waals surface area (Å²) in [7, 11) is 0. The number of carboxylic acid groups (broad SMARTS) is 1. The van der Waals surface area contributed by atoms with Gasteiger partial charge in [-0.15, -0.1) is 0 Å². The molecule has 1 heterocycles. The van der Waals surface area contributed by atoms with Gasteiger partial charge < -0.3 is 15.4 Å². The van der Waals surface area contributed by atoms with Crippen molar-refractivity contribution < 1.29 is 9.90 Å². The average Bonchev–Trinajstić information content (AvgIpc) is 3.24. The van der Waals surface area contributed by atoms with E-state index in [0.717, 1.165) is 38.4 Å². The van der Waals surface area contributed by atoms with E-state index in [-0.39, 0.29) is 6.42 Å². The van der Waals surface area contributed by atoms with Crippen LogP contribution in [0.1, 0.15) is 31.2 Å². The van der Waals surface area contributed by atoms with Crippen LogP contribution < -0.4 is 5.32 Å². The van der Waals surface area contributed by atoms with Crippen molar-refractivity contribution in [2.75, 3.05) is 5.32 Å². The summed E-state index contributed by atoms with van der Waals surface area (Å²) in [6.45, 7) is 0. The number of aliphatic carboxylic acids is 1. The van der Waals surface area contributed by atoms with E-state index in [1.54, 1.807) is 0 Å². The van der Waals surface area contributed by atoms with Gasteiger partial charge in [-0.1, -0.05) is 48.7 Å². The molecule has 5 heteroatoms. The molecule has 1 saturated carbocycles. The third kappa shape index (κ3) is 3.56. The first-order valence-electron chi connectivity index (χ1n) is 8.98. The maximum Gasteiger partial charge on any atom is 0.307 e. The number of carbonyl (C=O) groups is 1. The fourth-order valence-electron chi connectivity index (χ4n) is 3.74. The second-order valence-electron chi connectivity index (χ2n) is 6.99. The molecule has 0 bridgehead atoms. The molecule has 0 radical (unpaired) electrons. The van der Waals surface area contributed by atoms with E-state index < -0.39 is 5.97 Å². The van der Waals surface area contributed by atoms with Crippen molar-refractivity contribution in [1.29, 1.82) is 0 Å². The fraction of sp³-hybridized carbons (Fsp3) is 0.286. The van der Waals surface area contributed by atoms with Gasteiger partial charge >= 0.3 is 5.97 Å². The summed E-state index contributed by atoms with van der Waals surface area (Å²) in [4.78, 5) is 14.3. The predicted octanol–water partition coefficient (Wildman–Crippen LogP) is 5.47. The smallest absolute Gasteiger partial charge is 0.307 e. The Morgan fingerprint density at radius 3 is 2.58 bits per heavy atom. The van der Waals surface area contributed by atoms with Crippen LogP contribution in [0.25, 0.3) is 22.2 Å². The Hall–Kier alpha value is -2.46. The zero-order chi connectivity index (χ0) is 18.1. The van der Waals surface area contributed by atoms with Gasteiger partial charge in [0, 0.05) is 22.1 Å². The number of hydrogen-bond acceptors (Lipinski definition) is 2. The first-order chi connectivity index (χ1) is 12.6. The predicted molar refractivity (Wildman–Crippen MR) is 106 cm³/mol. The van der Waals surface area contributed by atoms with Gasteiger partial charge in [0.05, 0.1) is 17.6 Å². The minimum atomic E-state index is -0.819. The average molecular weight is 369 g/mol. The third-order valence-corrected chi connectivity index (χ3v) is 5.25. The van der Waals surface area contributed by atoms with Crippen molar-refractivity contribution in [3.63, 3.8) is 0 Å². The molecule has 1 aliphatic carbocycles. The van der Waals surface area contributed by atoms with E-state index in [9.17, 15) is 4.79 Å². The number of aromatic nitrogens is 1. The molecular formula is C21H21ClN2O2. The molecule has 4 nitrogen and oxygen atoms in total. The molecule has 0 atom stereocenters. The van der Waals surface area contributed by atoms with Crippen molar-refractivity contribution in [2.45, 2.75) is 38.1 Å². The minimum absolute atomic E-state index is 0.0397. The molecule has 2 aromatic carbocycles.